The summed E-state index contributed by atoms with van der Waals surface area (Å²) in [5.74, 6) is 2.51. The molecule has 3 unspecified atom stereocenters. The molecule has 0 saturated carbocycles. The third kappa shape index (κ3) is 3.79. The van der Waals surface area contributed by atoms with Gasteiger partial charge in [-0.1, -0.05) is 117 Å². The first-order valence-corrected chi connectivity index (χ1v) is 42.3. The van der Waals surface area contributed by atoms with E-state index in [1.165, 1.54) is 22.3 Å². The van der Waals surface area contributed by atoms with Gasteiger partial charge < -0.3 is 9.97 Å². The fourth-order valence-electron chi connectivity index (χ4n) is 33.1. The van der Waals surface area contributed by atoms with Gasteiger partial charge in [0.25, 0.3) is 0 Å². The number of hydrogen-bond donors (Lipinski definition) is 2. The third-order valence-electron chi connectivity index (χ3n) is 35.6. The lowest BCUT2D eigenvalue weighted by Crippen LogP contribution is -2.50. The number of aromatic amines is 2. The lowest BCUT2D eigenvalue weighted by atomic mass is 9.49. The molecule has 32 aromatic carbocycles. The van der Waals surface area contributed by atoms with Gasteiger partial charge >= 0.3 is 0 Å². The van der Waals surface area contributed by atoms with Crippen LogP contribution in [0.5, 0.6) is 0 Å². The van der Waals surface area contributed by atoms with Gasteiger partial charge in [-0.15, -0.1) is 0 Å². The average Bonchev–Trinajstić information content (AvgIpc) is 1.38. The normalized spacial score (nSPS) is 19.9. The van der Waals surface area contributed by atoms with E-state index in [0.29, 0.717) is 45.9 Å². The quantitative estimate of drug-likeness (QED) is 0.157. The summed E-state index contributed by atoms with van der Waals surface area (Å²) >= 11 is 0. The fraction of sp³-hybridized carbons (Fsp3) is 0.159. The molecule has 1 saturated heterocycles. The summed E-state index contributed by atoms with van der Waals surface area (Å²) in [5, 5.41) is 91.4. The van der Waals surface area contributed by atoms with Crippen LogP contribution in [-0.4, -0.2) is 58.4 Å². The van der Waals surface area contributed by atoms with Crippen molar-refractivity contribution in [3.8, 4) is 45.6 Å². The van der Waals surface area contributed by atoms with Crippen LogP contribution in [0.1, 0.15) is 113 Å². The first-order valence-electron chi connectivity index (χ1n) is 42.3. The van der Waals surface area contributed by atoms with Gasteiger partial charge in [-0.3, -0.25) is 4.90 Å². The van der Waals surface area contributed by atoms with Crippen molar-refractivity contribution in [2.75, 3.05) is 13.6 Å². The highest BCUT2D eigenvalue weighted by Crippen LogP contribution is 2.87. The Balaban J connectivity index is 0.697. The van der Waals surface area contributed by atoms with Crippen molar-refractivity contribution in [1.29, 1.82) is 0 Å². The molecule has 3 aromatic heterocycles. The molecule has 0 radical (unpaired) electrons. The Morgan fingerprint density at radius 2 is 0.595 bits per heavy atom. The molecule has 1 fully saturated rings. The van der Waals surface area contributed by atoms with Crippen molar-refractivity contribution < 1.29 is 0 Å². The smallest absolute Gasteiger partial charge is 0.165 e. The summed E-state index contributed by atoms with van der Waals surface area (Å²) < 4.78 is 0. The second-order valence-electron chi connectivity index (χ2n) is 42.2. The lowest BCUT2D eigenvalue weighted by molar-refractivity contribution is 0.272. The van der Waals surface area contributed by atoms with E-state index >= 15 is 0 Å². The minimum absolute atomic E-state index is 0.123. The summed E-state index contributed by atoms with van der Waals surface area (Å²) in [7, 11) is 2.57. The highest BCUT2D eigenvalue weighted by molar-refractivity contribution is 6.82. The average molecular weight is 1460 g/mol. The largest absolute Gasteiger partial charge is 0.324 e. The summed E-state index contributed by atoms with van der Waals surface area (Å²) in [6.45, 7) is 21.5. The number of aromatic nitrogens is 8. The zero-order valence-electron chi connectivity index (χ0n) is 63.8. The Labute approximate surface area is 647 Å². The van der Waals surface area contributed by atoms with Crippen molar-refractivity contribution in [2.45, 2.75) is 95.4 Å². The van der Waals surface area contributed by atoms with Crippen molar-refractivity contribution in [3.63, 3.8) is 0 Å². The second kappa shape index (κ2) is 13.4. The Hall–Kier alpha value is -13.3. The molecule has 42 rings (SSSR count). The first-order chi connectivity index (χ1) is 56.5. The van der Waals surface area contributed by atoms with Crippen molar-refractivity contribution >= 4 is 335 Å². The molecule has 0 amide bonds. The maximum Gasteiger partial charge on any atom is 0.165 e. The van der Waals surface area contributed by atoms with Crippen LogP contribution in [0.3, 0.4) is 0 Å². The van der Waals surface area contributed by atoms with Gasteiger partial charge in [-0.25, -0.2) is 29.9 Å². The number of hydrogen-bond acceptors (Lipinski definition) is 7. The zero-order valence-corrected chi connectivity index (χ0v) is 63.8. The van der Waals surface area contributed by atoms with E-state index in [9.17, 15) is 0 Å². The number of H-pyrrole nitrogens is 2. The molecule has 3 aliphatic heterocycles. The number of fused-ring (bicyclic) bond motifs is 20. The van der Waals surface area contributed by atoms with Gasteiger partial charge in [0.1, 0.15) is 22.6 Å². The summed E-state index contributed by atoms with van der Waals surface area (Å²) in [4.78, 5) is 45.4. The lowest BCUT2D eigenvalue weighted by Gasteiger charge is -2.50. The van der Waals surface area contributed by atoms with E-state index in [1.807, 2.05) is 0 Å². The molecule has 520 valence electrons. The minimum atomic E-state index is -0.575. The van der Waals surface area contributed by atoms with E-state index in [4.69, 9.17) is 29.9 Å². The van der Waals surface area contributed by atoms with E-state index in [1.54, 1.807) is 313 Å². The van der Waals surface area contributed by atoms with Crippen LogP contribution >= 0.6 is 0 Å². The Morgan fingerprint density at radius 3 is 1.00 bits per heavy atom. The van der Waals surface area contributed by atoms with Crippen LogP contribution in [0, 0.1) is 0 Å². The monoisotopic (exact) mass is 1460 g/mol. The molecule has 6 heterocycles. The summed E-state index contributed by atoms with van der Waals surface area (Å²) in [6, 6.07) is 27.8. The number of likely N-dealkylation sites (N-methyl/N-ethyl adjacent to an activating group) is 1. The van der Waals surface area contributed by atoms with Crippen LogP contribution in [0.15, 0.2) is 72.8 Å². The van der Waals surface area contributed by atoms with Gasteiger partial charge in [0.2, 0.25) is 0 Å². The molecule has 8 bridgehead atoms. The molecular formula is C107H47N9. The summed E-state index contributed by atoms with van der Waals surface area (Å²) in [6.07, 6.45) is 0. The Bertz CT molecular complexity index is 11100. The molecule has 9 heteroatoms. The van der Waals surface area contributed by atoms with Crippen LogP contribution in [0.25, 0.3) is 381 Å². The van der Waals surface area contributed by atoms with Crippen LogP contribution < -0.4 is 0 Å². The molecular weight excluding hydrogens is 1410 g/mol. The molecule has 3 atom stereocenters. The van der Waals surface area contributed by atoms with E-state index < -0.39 is 10.8 Å². The van der Waals surface area contributed by atoms with Crippen molar-refractivity contribution in [3.05, 3.63) is 117 Å². The number of benzene rings is 21. The van der Waals surface area contributed by atoms with E-state index in [0.717, 1.165) is 50.3 Å². The summed E-state index contributed by atoms with van der Waals surface area (Å²) in [5.41, 5.74) is 16.9. The predicted octanol–water partition coefficient (Wildman–Crippen LogP) is 27.1. The van der Waals surface area contributed by atoms with E-state index in [2.05, 4.69) is 157 Å². The maximum absolute atomic E-state index is 5.99. The van der Waals surface area contributed by atoms with Gasteiger partial charge in [-0.05, 0) is 377 Å². The van der Waals surface area contributed by atoms with Gasteiger partial charge in [-0.2, -0.15) is 0 Å². The molecule has 116 heavy (non-hydrogen) atoms. The standard InChI is InChI=1S/C107H47N9/c1-103(2,3)25-15-18-28-32(21-25)101-111-96(28)109-99-31-20-24(14-17-27(31)95(108-99)110-100-33-22-26(104(4,5)6)16-19-29(33)97(112-100)114-102-35-30(98(113-101)115-102)12-11-13-34(35)105(7,8)9)94-107-92-85-77-65-57-48-39-37-36-38-42(39)51-58-56-47(38)49-45-40(36)43-44-41(37)46-50(48)63(65)71-69-55(46)53(44)61-60-52(43)54(45)68-70-62(49)64(56)76-78-66(58)67(59(51)57)79(77)88(92)87(78)90-83(76)81(70)84-74(68)72(60)80-73(61)75(69)86(82(71)85)93(107)89(80)91(84)106(90,107)23-116(94)10/h11-22,94H,23H2,1-10H3,(H2,108,109,110,111,112,113,114,115). The van der Waals surface area contributed by atoms with Gasteiger partial charge in [0.05, 0.1) is 10.8 Å². The maximum atomic E-state index is 5.99. The van der Waals surface area contributed by atoms with Gasteiger partial charge in [0.15, 0.2) is 23.3 Å². The van der Waals surface area contributed by atoms with Crippen LogP contribution in [0.2, 0.25) is 0 Å². The predicted molar refractivity (Wildman–Crippen MR) is 481 cm³/mol. The van der Waals surface area contributed by atoms with Crippen molar-refractivity contribution in [2.24, 2.45) is 0 Å². The Kier molecular flexibility index (Phi) is 6.00. The molecule has 7 aliphatic rings. The number of rotatable bonds is 1. The number of likely N-dealkylation sites (tertiary alicyclic amines) is 1. The minimum Gasteiger partial charge on any atom is -0.324 e. The van der Waals surface area contributed by atoms with Crippen LogP contribution in [0.4, 0.5) is 0 Å². The molecule has 9 nitrogen and oxygen atoms in total. The number of nitrogens with one attached hydrogen (secondary N) is 2. The third-order valence-corrected chi connectivity index (χ3v) is 35.6. The molecule has 35 aromatic rings. The molecule has 2 spiro atoms. The van der Waals surface area contributed by atoms with Crippen LogP contribution in [-0.2, 0) is 27.1 Å². The van der Waals surface area contributed by atoms with Crippen molar-refractivity contribution in [1.82, 2.24) is 44.8 Å². The highest BCUT2D eigenvalue weighted by Gasteiger charge is 2.76. The zero-order chi connectivity index (χ0) is 73.5. The molecule has 4 aliphatic carbocycles. The fourth-order valence-corrected chi connectivity index (χ4v) is 33.1. The molecule has 2 N–H and O–H groups in total. The van der Waals surface area contributed by atoms with Gasteiger partial charge in [0, 0.05) is 56.4 Å². The highest BCUT2D eigenvalue weighted by atomic mass is 15.2. The SMILES string of the molecule is CN1CC23c4c5c6c7c8c9c(c%10c%11c2c2c%12c4c4c%13c5c5c7c7c8c8c%14c9c%10c9c%10c%11c2c2c%11c%12c4c4c%12c%13c5c5c7c7c8c8c%14c9c9c%10c2c2c%11c4c4c%12c5c7c5c8c9c2c45)C63C1c1ccc2c(c1)-c1nc-2nc2[nH]c(nc3nc(nc4[nH]c(n1)c1ccc(C(C)(C)C)cc41)-c1cccc(C(C)(C)C)c1-3)c1ccc(C(C)(C)C)cc21. The van der Waals surface area contributed by atoms with E-state index in [-0.39, 0.29) is 22.3 Å². The first kappa shape index (κ1) is 52.1. The number of nitrogens with zero attached hydrogens (tertiary/aromatic N) is 7. The Morgan fingerprint density at radius 1 is 0.284 bits per heavy atom. The topological polar surface area (TPSA) is 112 Å². The second-order valence-corrected chi connectivity index (χ2v) is 42.2.